The zero-order chi connectivity index (χ0) is 12.0. The van der Waals surface area contributed by atoms with Crippen LogP contribution in [-0.2, 0) is 14.3 Å². The van der Waals surface area contributed by atoms with Gasteiger partial charge >= 0.3 is 5.97 Å². The van der Waals surface area contributed by atoms with E-state index in [0.29, 0.717) is 5.69 Å². The molecule has 1 heterocycles. The number of nitrogens with zero attached hydrogens (tertiary/aromatic N) is 1. The van der Waals surface area contributed by atoms with E-state index in [4.69, 9.17) is 5.11 Å². The highest BCUT2D eigenvalue weighted by Crippen LogP contribution is 2.04. The highest BCUT2D eigenvalue weighted by atomic mass is 19.1. The Balaban J connectivity index is 2.34. The number of aliphatic carboxylic acids is 1. The van der Waals surface area contributed by atoms with Gasteiger partial charge in [0.25, 0.3) is 0 Å². The molecular weight excluding hydrogens is 219 g/mol. The van der Waals surface area contributed by atoms with Crippen LogP contribution >= 0.6 is 0 Å². The fourth-order valence-corrected chi connectivity index (χ4v) is 0.878. The number of hydrogen-bond acceptors (Lipinski definition) is 4. The van der Waals surface area contributed by atoms with Crippen molar-refractivity contribution in [3.63, 3.8) is 0 Å². The molecule has 1 rings (SSSR count). The molecule has 6 nitrogen and oxygen atoms in total. The Morgan fingerprint density at radius 2 is 2.19 bits per heavy atom. The van der Waals surface area contributed by atoms with Crippen LogP contribution in [0.1, 0.15) is 0 Å². The van der Waals surface area contributed by atoms with E-state index >= 15 is 0 Å². The van der Waals surface area contributed by atoms with Gasteiger partial charge in [0, 0.05) is 0 Å². The van der Waals surface area contributed by atoms with Gasteiger partial charge in [0.2, 0.25) is 11.9 Å². The quantitative estimate of drug-likeness (QED) is 0.706. The number of rotatable bonds is 5. The van der Waals surface area contributed by atoms with Gasteiger partial charge in [-0.15, -0.1) is 0 Å². The SMILES string of the molecule is O=C(O)COCC(=O)Nc1ccc(F)nc1. The van der Waals surface area contributed by atoms with Gasteiger partial charge in [-0.1, -0.05) is 0 Å². The lowest BCUT2D eigenvalue weighted by Gasteiger charge is -2.04. The first-order valence-electron chi connectivity index (χ1n) is 4.29. The van der Waals surface area contributed by atoms with Crippen molar-refractivity contribution in [2.24, 2.45) is 0 Å². The Bertz CT molecular complexity index is 380. The van der Waals surface area contributed by atoms with Crippen molar-refractivity contribution in [1.29, 1.82) is 0 Å². The molecule has 0 saturated heterocycles. The first-order valence-corrected chi connectivity index (χ1v) is 4.29. The van der Waals surface area contributed by atoms with E-state index in [1.54, 1.807) is 0 Å². The summed E-state index contributed by atoms with van der Waals surface area (Å²) in [6, 6.07) is 2.42. The fraction of sp³-hybridized carbons (Fsp3) is 0.222. The van der Waals surface area contributed by atoms with Crippen molar-refractivity contribution in [2.75, 3.05) is 18.5 Å². The Kier molecular flexibility index (Phi) is 4.34. The minimum atomic E-state index is -1.16. The Labute approximate surface area is 90.1 Å². The minimum Gasteiger partial charge on any atom is -0.480 e. The molecule has 0 fully saturated rings. The topological polar surface area (TPSA) is 88.5 Å². The number of halogens is 1. The molecule has 0 bridgehead atoms. The van der Waals surface area contributed by atoms with Crippen molar-refractivity contribution >= 4 is 17.6 Å². The number of aromatic nitrogens is 1. The smallest absolute Gasteiger partial charge is 0.329 e. The van der Waals surface area contributed by atoms with E-state index in [-0.39, 0.29) is 6.61 Å². The van der Waals surface area contributed by atoms with Gasteiger partial charge in [0.1, 0.15) is 13.2 Å². The molecule has 0 aliphatic rings. The summed E-state index contributed by atoms with van der Waals surface area (Å²) < 4.78 is 16.9. The van der Waals surface area contributed by atoms with Crippen molar-refractivity contribution < 1.29 is 23.8 Å². The van der Waals surface area contributed by atoms with Crippen molar-refractivity contribution in [1.82, 2.24) is 4.98 Å². The van der Waals surface area contributed by atoms with Crippen LogP contribution < -0.4 is 5.32 Å². The second-order valence-corrected chi connectivity index (χ2v) is 2.80. The van der Waals surface area contributed by atoms with Gasteiger partial charge in [-0.2, -0.15) is 4.39 Å². The predicted molar refractivity (Wildman–Crippen MR) is 51.3 cm³/mol. The molecule has 0 unspecified atom stereocenters. The molecule has 0 spiro atoms. The molecular formula is C9H9FN2O4. The van der Waals surface area contributed by atoms with E-state index < -0.39 is 24.4 Å². The van der Waals surface area contributed by atoms with E-state index in [0.717, 1.165) is 12.3 Å². The monoisotopic (exact) mass is 228 g/mol. The molecule has 0 radical (unpaired) electrons. The molecule has 2 N–H and O–H groups in total. The number of pyridine rings is 1. The summed E-state index contributed by atoms with van der Waals surface area (Å²) in [6.07, 6.45) is 1.14. The molecule has 0 saturated carbocycles. The average Bonchev–Trinajstić information content (AvgIpc) is 2.21. The molecule has 1 aromatic rings. The van der Waals surface area contributed by atoms with E-state index in [1.807, 2.05) is 0 Å². The van der Waals surface area contributed by atoms with Crippen molar-refractivity contribution in [3.8, 4) is 0 Å². The fourth-order valence-electron chi connectivity index (χ4n) is 0.878. The van der Waals surface area contributed by atoms with E-state index in [9.17, 15) is 14.0 Å². The molecule has 1 aromatic heterocycles. The molecule has 0 aromatic carbocycles. The van der Waals surface area contributed by atoms with Crippen LogP contribution in [0.15, 0.2) is 18.3 Å². The first-order chi connectivity index (χ1) is 7.58. The van der Waals surface area contributed by atoms with E-state index in [2.05, 4.69) is 15.0 Å². The van der Waals surface area contributed by atoms with E-state index in [1.165, 1.54) is 6.07 Å². The lowest BCUT2D eigenvalue weighted by Crippen LogP contribution is -2.20. The van der Waals surface area contributed by atoms with Crippen LogP contribution in [0.25, 0.3) is 0 Å². The van der Waals surface area contributed by atoms with Crippen LogP contribution in [0.5, 0.6) is 0 Å². The highest BCUT2D eigenvalue weighted by Gasteiger charge is 2.04. The Hall–Kier alpha value is -2.02. The second-order valence-electron chi connectivity index (χ2n) is 2.80. The zero-order valence-electron chi connectivity index (χ0n) is 8.14. The molecule has 0 atom stereocenters. The minimum absolute atomic E-state index is 0.310. The number of carboxylic acid groups (broad SMARTS) is 1. The summed E-state index contributed by atoms with van der Waals surface area (Å²) in [5.41, 5.74) is 0.310. The van der Waals surface area contributed by atoms with Crippen LogP contribution in [0.4, 0.5) is 10.1 Å². The third-order valence-corrected chi connectivity index (χ3v) is 1.47. The maximum Gasteiger partial charge on any atom is 0.329 e. The molecule has 7 heteroatoms. The van der Waals surface area contributed by atoms with Gasteiger partial charge in [-0.3, -0.25) is 4.79 Å². The summed E-state index contributed by atoms with van der Waals surface area (Å²) in [4.78, 5) is 24.5. The predicted octanol–water partition coefficient (Wildman–Crippen LogP) is 0.260. The lowest BCUT2D eigenvalue weighted by molar-refractivity contribution is -0.143. The molecule has 86 valence electrons. The van der Waals surface area contributed by atoms with Crippen LogP contribution in [0, 0.1) is 5.95 Å². The molecule has 0 aliphatic heterocycles. The summed E-state index contributed by atoms with van der Waals surface area (Å²) in [5, 5.41) is 10.6. The summed E-state index contributed by atoms with van der Waals surface area (Å²) >= 11 is 0. The zero-order valence-corrected chi connectivity index (χ0v) is 8.14. The summed E-state index contributed by atoms with van der Waals surface area (Å²) in [6.45, 7) is -0.932. The number of carbonyl (C=O) groups excluding carboxylic acids is 1. The Morgan fingerprint density at radius 1 is 1.44 bits per heavy atom. The Morgan fingerprint density at radius 3 is 2.75 bits per heavy atom. The van der Waals surface area contributed by atoms with Crippen LogP contribution in [-0.4, -0.2) is 35.2 Å². The van der Waals surface area contributed by atoms with Crippen LogP contribution in [0.3, 0.4) is 0 Å². The third kappa shape index (κ3) is 4.47. The van der Waals surface area contributed by atoms with Gasteiger partial charge in [-0.25, -0.2) is 9.78 Å². The number of hydrogen-bond donors (Lipinski definition) is 2. The van der Waals surface area contributed by atoms with Gasteiger partial charge in [-0.05, 0) is 12.1 Å². The standard InChI is InChI=1S/C9H9FN2O4/c10-7-2-1-6(3-11-7)12-8(13)4-16-5-9(14)15/h1-3H,4-5H2,(H,12,13)(H,14,15). The number of nitrogens with one attached hydrogen (secondary N) is 1. The summed E-state index contributed by atoms with van der Waals surface area (Å²) in [7, 11) is 0. The van der Waals surface area contributed by atoms with Gasteiger partial charge in [0.15, 0.2) is 0 Å². The normalized spacial score (nSPS) is 9.81. The largest absolute Gasteiger partial charge is 0.480 e. The highest BCUT2D eigenvalue weighted by molar-refractivity contribution is 5.91. The number of amides is 1. The maximum atomic E-state index is 12.4. The number of carboxylic acids is 1. The molecule has 0 aliphatic carbocycles. The molecule has 16 heavy (non-hydrogen) atoms. The van der Waals surface area contributed by atoms with Crippen LogP contribution in [0.2, 0.25) is 0 Å². The van der Waals surface area contributed by atoms with Crippen molar-refractivity contribution in [3.05, 3.63) is 24.3 Å². The maximum absolute atomic E-state index is 12.4. The van der Waals surface area contributed by atoms with Crippen molar-refractivity contribution in [2.45, 2.75) is 0 Å². The number of carbonyl (C=O) groups is 2. The first kappa shape index (κ1) is 12.1. The number of anilines is 1. The third-order valence-electron chi connectivity index (χ3n) is 1.47. The number of ether oxygens (including phenoxy) is 1. The second kappa shape index (κ2) is 5.76. The van der Waals surface area contributed by atoms with Gasteiger partial charge < -0.3 is 15.2 Å². The lowest BCUT2D eigenvalue weighted by atomic mass is 10.4. The van der Waals surface area contributed by atoms with Gasteiger partial charge in [0.05, 0.1) is 11.9 Å². The summed E-state index contributed by atoms with van der Waals surface area (Å²) in [5.74, 6) is -2.34. The molecule has 1 amide bonds. The average molecular weight is 228 g/mol.